The second-order valence-electron chi connectivity index (χ2n) is 7.06. The molecule has 4 rings (SSSR count). The molecule has 2 aromatic heterocycles. The van der Waals surface area contributed by atoms with Crippen LogP contribution in [0.4, 0.5) is 0 Å². The van der Waals surface area contributed by atoms with Crippen LogP contribution in [0.15, 0.2) is 36.5 Å². The number of fused-ring (bicyclic) bond motifs is 1. The molecule has 0 atom stereocenters. The number of nitrogens with zero attached hydrogens (tertiary/aromatic N) is 3. The summed E-state index contributed by atoms with van der Waals surface area (Å²) in [5.74, 6) is 1.53. The number of ether oxygens (including phenoxy) is 2. The molecule has 0 bridgehead atoms. The van der Waals surface area contributed by atoms with Gasteiger partial charge in [-0.05, 0) is 62.6 Å². The van der Waals surface area contributed by atoms with Crippen molar-refractivity contribution in [1.29, 1.82) is 0 Å². The third-order valence-corrected chi connectivity index (χ3v) is 6.21. The van der Waals surface area contributed by atoms with Crippen LogP contribution < -0.4 is 9.47 Å². The number of aryl methyl sites for hydroxylation is 1. The Hall–Kier alpha value is -2.93. The first kappa shape index (κ1) is 20.3. The van der Waals surface area contributed by atoms with Crippen molar-refractivity contribution < 1.29 is 14.3 Å². The van der Waals surface area contributed by atoms with Crippen molar-refractivity contribution in [2.45, 2.75) is 33.7 Å². The zero-order chi connectivity index (χ0) is 21.1. The number of hydrogen-bond acceptors (Lipinski definition) is 6. The van der Waals surface area contributed by atoms with E-state index in [1.807, 2.05) is 49.9 Å². The Morgan fingerprint density at radius 3 is 2.53 bits per heavy atom. The molecule has 0 radical (unpaired) electrons. The van der Waals surface area contributed by atoms with Crippen LogP contribution in [0, 0.1) is 6.92 Å². The number of amides is 1. The van der Waals surface area contributed by atoms with Gasteiger partial charge in [0.05, 0.1) is 24.6 Å². The first-order chi connectivity index (χ1) is 14.6. The van der Waals surface area contributed by atoms with E-state index in [1.54, 1.807) is 6.20 Å². The van der Waals surface area contributed by atoms with E-state index in [0.717, 1.165) is 39.9 Å². The monoisotopic (exact) mass is 423 g/mol. The third-order valence-electron chi connectivity index (χ3n) is 5.04. The van der Waals surface area contributed by atoms with Crippen molar-refractivity contribution in [1.82, 2.24) is 14.9 Å². The fraction of sp³-hybridized carbons (Fsp3) is 0.348. The van der Waals surface area contributed by atoms with Crippen LogP contribution >= 0.6 is 11.3 Å². The Morgan fingerprint density at radius 2 is 1.87 bits per heavy atom. The van der Waals surface area contributed by atoms with Gasteiger partial charge in [0.25, 0.3) is 5.91 Å². The lowest BCUT2D eigenvalue weighted by atomic mass is 9.98. The number of thiazole rings is 1. The Balaban J connectivity index is 1.58. The number of rotatable bonds is 6. The Kier molecular flexibility index (Phi) is 5.99. The van der Waals surface area contributed by atoms with E-state index in [4.69, 9.17) is 9.47 Å². The molecule has 0 unspecified atom stereocenters. The molecule has 7 heteroatoms. The van der Waals surface area contributed by atoms with Crippen molar-refractivity contribution in [3.8, 4) is 22.2 Å². The van der Waals surface area contributed by atoms with Gasteiger partial charge in [0.2, 0.25) is 0 Å². The van der Waals surface area contributed by atoms with Crippen LogP contribution in [-0.2, 0) is 13.0 Å². The smallest absolute Gasteiger partial charge is 0.266 e. The van der Waals surface area contributed by atoms with Crippen molar-refractivity contribution >= 4 is 17.2 Å². The van der Waals surface area contributed by atoms with Crippen LogP contribution in [-0.4, -0.2) is 40.5 Å². The predicted octanol–water partition coefficient (Wildman–Crippen LogP) is 4.51. The van der Waals surface area contributed by atoms with Gasteiger partial charge in [-0.15, -0.1) is 11.3 Å². The predicted molar refractivity (Wildman–Crippen MR) is 117 cm³/mol. The van der Waals surface area contributed by atoms with Crippen LogP contribution in [0.2, 0.25) is 0 Å². The number of hydrogen-bond donors (Lipinski definition) is 0. The minimum absolute atomic E-state index is 0.0182. The SMILES string of the molecule is CCOc1cc2c(cc1OCC)CN(C(=O)c1sc(-c3ccccn3)nc1C)CC2. The number of carbonyl (C=O) groups excluding carboxylic acids is 1. The average Bonchev–Trinajstić information content (AvgIpc) is 3.16. The van der Waals surface area contributed by atoms with Crippen molar-refractivity contribution in [3.05, 3.63) is 58.2 Å². The minimum atomic E-state index is 0.0182. The summed E-state index contributed by atoms with van der Waals surface area (Å²) in [5.41, 5.74) is 3.85. The second-order valence-corrected chi connectivity index (χ2v) is 8.06. The summed E-state index contributed by atoms with van der Waals surface area (Å²) >= 11 is 1.41. The highest BCUT2D eigenvalue weighted by Crippen LogP contribution is 2.35. The number of aromatic nitrogens is 2. The summed E-state index contributed by atoms with van der Waals surface area (Å²) < 4.78 is 11.5. The lowest BCUT2D eigenvalue weighted by Crippen LogP contribution is -2.36. The highest BCUT2D eigenvalue weighted by Gasteiger charge is 2.27. The fourth-order valence-corrected chi connectivity index (χ4v) is 4.62. The van der Waals surface area contributed by atoms with Gasteiger partial charge in [-0.2, -0.15) is 0 Å². The molecule has 6 nitrogen and oxygen atoms in total. The van der Waals surface area contributed by atoms with Gasteiger partial charge in [0, 0.05) is 19.3 Å². The molecule has 0 spiro atoms. The van der Waals surface area contributed by atoms with Crippen molar-refractivity contribution in [3.63, 3.8) is 0 Å². The Labute approximate surface area is 180 Å². The van der Waals surface area contributed by atoms with Crippen molar-refractivity contribution in [2.24, 2.45) is 0 Å². The van der Waals surface area contributed by atoms with E-state index in [-0.39, 0.29) is 5.91 Å². The van der Waals surface area contributed by atoms with E-state index in [1.165, 1.54) is 16.9 Å². The van der Waals surface area contributed by atoms with E-state index in [9.17, 15) is 4.79 Å². The van der Waals surface area contributed by atoms with Gasteiger partial charge in [-0.1, -0.05) is 6.07 Å². The van der Waals surface area contributed by atoms with E-state index < -0.39 is 0 Å². The highest BCUT2D eigenvalue weighted by atomic mass is 32.1. The lowest BCUT2D eigenvalue weighted by molar-refractivity contribution is 0.0738. The molecule has 1 aromatic carbocycles. The van der Waals surface area contributed by atoms with E-state index in [2.05, 4.69) is 16.0 Å². The average molecular weight is 424 g/mol. The maximum Gasteiger partial charge on any atom is 0.266 e. The molecule has 156 valence electrons. The molecule has 0 N–H and O–H groups in total. The summed E-state index contributed by atoms with van der Waals surface area (Å²) in [6.07, 6.45) is 2.53. The van der Waals surface area contributed by atoms with Crippen molar-refractivity contribution in [2.75, 3.05) is 19.8 Å². The van der Waals surface area contributed by atoms with Crippen LogP contribution in [0.1, 0.15) is 40.3 Å². The lowest BCUT2D eigenvalue weighted by Gasteiger charge is -2.29. The summed E-state index contributed by atoms with van der Waals surface area (Å²) in [7, 11) is 0. The van der Waals surface area contributed by atoms with Gasteiger partial charge in [-0.3, -0.25) is 9.78 Å². The van der Waals surface area contributed by atoms with Gasteiger partial charge in [-0.25, -0.2) is 4.98 Å². The van der Waals surface area contributed by atoms with E-state index in [0.29, 0.717) is 31.2 Å². The summed E-state index contributed by atoms with van der Waals surface area (Å²) in [5, 5.41) is 0.772. The maximum atomic E-state index is 13.3. The number of pyridine rings is 1. The van der Waals surface area contributed by atoms with E-state index >= 15 is 0 Å². The van der Waals surface area contributed by atoms with Gasteiger partial charge >= 0.3 is 0 Å². The summed E-state index contributed by atoms with van der Waals surface area (Å²) in [6.45, 7) is 8.18. The zero-order valence-electron chi connectivity index (χ0n) is 17.5. The molecule has 1 amide bonds. The quantitative estimate of drug-likeness (QED) is 0.584. The molecule has 0 fully saturated rings. The normalized spacial score (nSPS) is 13.1. The second kappa shape index (κ2) is 8.83. The fourth-order valence-electron chi connectivity index (χ4n) is 3.61. The van der Waals surface area contributed by atoms with Gasteiger partial charge < -0.3 is 14.4 Å². The summed E-state index contributed by atoms with van der Waals surface area (Å²) in [4.78, 5) is 24.8. The molecule has 0 aliphatic carbocycles. The van der Waals surface area contributed by atoms with Crippen LogP contribution in [0.25, 0.3) is 10.7 Å². The van der Waals surface area contributed by atoms with Gasteiger partial charge in [0.15, 0.2) is 11.5 Å². The van der Waals surface area contributed by atoms with Gasteiger partial charge in [0.1, 0.15) is 9.88 Å². The Bertz CT molecular complexity index is 1050. The summed E-state index contributed by atoms with van der Waals surface area (Å²) in [6, 6.07) is 9.78. The minimum Gasteiger partial charge on any atom is -0.490 e. The number of carbonyl (C=O) groups is 1. The molecule has 1 aliphatic rings. The molecule has 3 aromatic rings. The largest absolute Gasteiger partial charge is 0.490 e. The molecule has 30 heavy (non-hydrogen) atoms. The Morgan fingerprint density at radius 1 is 1.13 bits per heavy atom. The van der Waals surface area contributed by atoms with Crippen LogP contribution in [0.5, 0.6) is 11.5 Å². The highest BCUT2D eigenvalue weighted by molar-refractivity contribution is 7.17. The van der Waals surface area contributed by atoms with Crippen LogP contribution in [0.3, 0.4) is 0 Å². The topological polar surface area (TPSA) is 64.6 Å². The maximum absolute atomic E-state index is 13.3. The first-order valence-corrected chi connectivity index (χ1v) is 11.0. The standard InChI is InChI=1S/C23H25N3O3S/c1-4-28-19-12-16-9-11-26(14-17(16)13-20(19)29-5-2)23(27)21-15(3)25-22(30-21)18-8-6-7-10-24-18/h6-8,10,12-13H,4-5,9,11,14H2,1-3H3. The molecule has 3 heterocycles. The first-order valence-electron chi connectivity index (χ1n) is 10.2. The molecular weight excluding hydrogens is 398 g/mol. The molecule has 0 saturated carbocycles. The number of benzene rings is 1. The molecule has 0 saturated heterocycles. The zero-order valence-corrected chi connectivity index (χ0v) is 18.3. The molecule has 1 aliphatic heterocycles. The third kappa shape index (κ3) is 4.03. The molecular formula is C23H25N3O3S.